The molecule has 0 fully saturated rings. The average Bonchev–Trinajstić information content (AvgIpc) is 2.80. The predicted molar refractivity (Wildman–Crippen MR) is 66.4 cm³/mol. The number of hydrogen-bond acceptors (Lipinski definition) is 5. The summed E-state index contributed by atoms with van der Waals surface area (Å²) in [6.07, 6.45) is -2.59. The molecule has 10 heteroatoms. The van der Waals surface area contributed by atoms with Gasteiger partial charge in [0.15, 0.2) is 5.82 Å². The predicted octanol–water partition coefficient (Wildman–Crippen LogP) is 1.04. The Balaban J connectivity index is 2.46. The molecule has 1 rings (SSSR count). The number of halogens is 4. The van der Waals surface area contributed by atoms with Gasteiger partial charge in [-0.2, -0.15) is 13.6 Å². The highest BCUT2D eigenvalue weighted by Crippen LogP contribution is 2.22. The van der Waals surface area contributed by atoms with Gasteiger partial charge in [-0.3, -0.25) is 0 Å². The molecule has 0 saturated heterocycles. The molecule has 21 heavy (non-hydrogen) atoms. The lowest BCUT2D eigenvalue weighted by Gasteiger charge is -2.20. The van der Waals surface area contributed by atoms with E-state index in [0.717, 1.165) is 6.42 Å². The highest BCUT2D eigenvalue weighted by Gasteiger charge is 2.41. The van der Waals surface area contributed by atoms with Gasteiger partial charge >= 0.3 is 12.3 Å². The van der Waals surface area contributed by atoms with Crippen LogP contribution in [0.15, 0.2) is 0 Å². The zero-order valence-corrected chi connectivity index (χ0v) is 11.9. The first-order valence-corrected chi connectivity index (χ1v) is 6.55. The molecule has 0 aromatic carbocycles. The summed E-state index contributed by atoms with van der Waals surface area (Å²) >= 11 is 0. The van der Waals surface area contributed by atoms with E-state index in [-0.39, 0.29) is 12.6 Å². The van der Waals surface area contributed by atoms with Crippen molar-refractivity contribution < 1.29 is 22.3 Å². The lowest BCUT2D eigenvalue weighted by atomic mass is 10.2. The summed E-state index contributed by atoms with van der Waals surface area (Å²) in [4.78, 5) is 1.28. The molecule has 1 aromatic heterocycles. The minimum Gasteiger partial charge on any atom is -0.373 e. The summed E-state index contributed by atoms with van der Waals surface area (Å²) < 4.78 is 54.2. The Morgan fingerprint density at radius 2 is 2.10 bits per heavy atom. The fourth-order valence-corrected chi connectivity index (χ4v) is 1.56. The molecule has 0 spiro atoms. The minimum atomic E-state index is -4.14. The highest BCUT2D eigenvalue weighted by molar-refractivity contribution is 4.84. The second kappa shape index (κ2) is 8.23. The van der Waals surface area contributed by atoms with Crippen molar-refractivity contribution in [2.24, 2.45) is 7.05 Å². The van der Waals surface area contributed by atoms with Crippen LogP contribution in [0.3, 0.4) is 0 Å². The van der Waals surface area contributed by atoms with Crippen molar-refractivity contribution in [2.75, 3.05) is 19.8 Å². The fourth-order valence-electron chi connectivity index (χ4n) is 1.56. The van der Waals surface area contributed by atoms with Crippen LogP contribution in [0.5, 0.6) is 0 Å². The molecule has 0 amide bonds. The van der Waals surface area contributed by atoms with Crippen molar-refractivity contribution in [1.29, 1.82) is 0 Å². The Hall–Kier alpha value is -1.29. The summed E-state index contributed by atoms with van der Waals surface area (Å²) in [5, 5.41) is 14.5. The SMILES string of the molecule is CCCNC(COCC(F)(F)C(F)F)Cc1nnn(C)n1. The van der Waals surface area contributed by atoms with E-state index in [4.69, 9.17) is 4.74 Å². The maximum atomic E-state index is 12.7. The van der Waals surface area contributed by atoms with Gasteiger partial charge in [-0.15, -0.1) is 10.2 Å². The van der Waals surface area contributed by atoms with Gasteiger partial charge in [0.25, 0.3) is 0 Å². The second-order valence-corrected chi connectivity index (χ2v) is 4.63. The summed E-state index contributed by atoms with van der Waals surface area (Å²) in [5.74, 6) is -3.71. The number of hydrogen-bond donors (Lipinski definition) is 1. The number of alkyl halides is 4. The van der Waals surface area contributed by atoms with E-state index in [1.165, 1.54) is 4.80 Å². The molecule has 0 saturated carbocycles. The molecule has 122 valence electrons. The molecule has 0 aliphatic rings. The molecule has 1 aromatic rings. The Morgan fingerprint density at radius 1 is 1.38 bits per heavy atom. The molecule has 0 aliphatic heterocycles. The van der Waals surface area contributed by atoms with E-state index in [0.29, 0.717) is 18.8 Å². The number of rotatable bonds is 10. The molecule has 1 atom stereocenters. The number of aryl methyl sites for hydroxylation is 1. The van der Waals surface area contributed by atoms with Gasteiger partial charge in [0.05, 0.1) is 13.7 Å². The molecule has 6 nitrogen and oxygen atoms in total. The Morgan fingerprint density at radius 3 is 2.62 bits per heavy atom. The lowest BCUT2D eigenvalue weighted by Crippen LogP contribution is -2.39. The van der Waals surface area contributed by atoms with Crippen molar-refractivity contribution in [3.05, 3.63) is 5.82 Å². The zero-order valence-electron chi connectivity index (χ0n) is 11.9. The van der Waals surface area contributed by atoms with E-state index < -0.39 is 19.0 Å². The molecular formula is C11H19F4N5O. The van der Waals surface area contributed by atoms with Crippen molar-refractivity contribution in [2.45, 2.75) is 38.2 Å². The fraction of sp³-hybridized carbons (Fsp3) is 0.909. The van der Waals surface area contributed by atoms with Crippen molar-refractivity contribution >= 4 is 0 Å². The average molecular weight is 313 g/mol. The first kappa shape index (κ1) is 17.8. The van der Waals surface area contributed by atoms with Crippen LogP contribution in [0.1, 0.15) is 19.2 Å². The molecule has 0 aliphatic carbocycles. The third-order valence-electron chi connectivity index (χ3n) is 2.59. The topological polar surface area (TPSA) is 64.9 Å². The van der Waals surface area contributed by atoms with Gasteiger partial charge < -0.3 is 10.1 Å². The van der Waals surface area contributed by atoms with Crippen LogP contribution in [0.4, 0.5) is 17.6 Å². The summed E-state index contributed by atoms with van der Waals surface area (Å²) in [6.45, 7) is 1.12. The first-order chi connectivity index (χ1) is 9.85. The third kappa shape index (κ3) is 6.34. The summed E-state index contributed by atoms with van der Waals surface area (Å²) in [6, 6.07) is -0.345. The van der Waals surface area contributed by atoms with Crippen LogP contribution >= 0.6 is 0 Å². The molecule has 1 unspecified atom stereocenters. The standard InChI is InChI=1S/C11H19F4N5O/c1-3-4-16-8(5-9-17-19-20(2)18-9)6-21-7-11(14,15)10(12)13/h8,10,16H,3-7H2,1-2H3. The van der Waals surface area contributed by atoms with Crippen LogP contribution in [-0.2, 0) is 18.2 Å². The maximum absolute atomic E-state index is 12.7. The molecular weight excluding hydrogens is 294 g/mol. The lowest BCUT2D eigenvalue weighted by molar-refractivity contribution is -0.167. The van der Waals surface area contributed by atoms with Crippen LogP contribution < -0.4 is 5.32 Å². The van der Waals surface area contributed by atoms with Gasteiger partial charge in [0.2, 0.25) is 0 Å². The summed E-state index contributed by atoms with van der Waals surface area (Å²) in [7, 11) is 1.60. The van der Waals surface area contributed by atoms with Gasteiger partial charge in [-0.05, 0) is 18.2 Å². The number of ether oxygens (including phenoxy) is 1. The van der Waals surface area contributed by atoms with Crippen LogP contribution in [0, 0.1) is 0 Å². The third-order valence-corrected chi connectivity index (χ3v) is 2.59. The minimum absolute atomic E-state index is 0.138. The smallest absolute Gasteiger partial charge is 0.330 e. The van der Waals surface area contributed by atoms with Crippen LogP contribution in [0.2, 0.25) is 0 Å². The Bertz CT molecular complexity index is 415. The molecule has 1 heterocycles. The van der Waals surface area contributed by atoms with Gasteiger partial charge in [0, 0.05) is 12.5 Å². The van der Waals surface area contributed by atoms with Gasteiger partial charge in [-0.25, -0.2) is 8.78 Å². The number of tetrazole rings is 1. The van der Waals surface area contributed by atoms with Gasteiger partial charge in [0.1, 0.15) is 6.61 Å². The second-order valence-electron chi connectivity index (χ2n) is 4.63. The highest BCUT2D eigenvalue weighted by atomic mass is 19.3. The molecule has 0 radical (unpaired) electrons. The zero-order chi connectivity index (χ0) is 15.9. The van der Waals surface area contributed by atoms with Crippen LogP contribution in [0.25, 0.3) is 0 Å². The maximum Gasteiger partial charge on any atom is 0.330 e. The first-order valence-electron chi connectivity index (χ1n) is 6.55. The quantitative estimate of drug-likeness (QED) is 0.654. The number of nitrogens with zero attached hydrogens (tertiary/aromatic N) is 4. The normalized spacial score (nSPS) is 13.9. The molecule has 1 N–H and O–H groups in total. The van der Waals surface area contributed by atoms with Gasteiger partial charge in [-0.1, -0.05) is 6.92 Å². The number of aromatic nitrogens is 4. The number of nitrogens with one attached hydrogen (secondary N) is 1. The van der Waals surface area contributed by atoms with E-state index in [1.807, 2.05) is 6.92 Å². The van der Waals surface area contributed by atoms with E-state index in [2.05, 4.69) is 20.7 Å². The van der Waals surface area contributed by atoms with E-state index in [9.17, 15) is 17.6 Å². The van der Waals surface area contributed by atoms with Crippen LogP contribution in [-0.4, -0.2) is 58.4 Å². The monoisotopic (exact) mass is 313 g/mol. The molecule has 0 bridgehead atoms. The Labute approximate surface area is 119 Å². The summed E-state index contributed by atoms with van der Waals surface area (Å²) in [5.41, 5.74) is 0. The largest absolute Gasteiger partial charge is 0.373 e. The van der Waals surface area contributed by atoms with E-state index in [1.54, 1.807) is 7.05 Å². The van der Waals surface area contributed by atoms with Crippen molar-refractivity contribution in [3.63, 3.8) is 0 Å². The van der Waals surface area contributed by atoms with E-state index >= 15 is 0 Å². The van der Waals surface area contributed by atoms with Crippen molar-refractivity contribution in [3.8, 4) is 0 Å². The Kier molecular flexibility index (Phi) is 6.96. The van der Waals surface area contributed by atoms with Crippen molar-refractivity contribution in [1.82, 2.24) is 25.5 Å².